The number of anilines is 1. The fourth-order valence-corrected chi connectivity index (χ4v) is 2.70. The smallest absolute Gasteiger partial charge is 0.243 e. The topological polar surface area (TPSA) is 42.2 Å². The number of fused-ring (bicyclic) bond motifs is 1. The Morgan fingerprint density at radius 1 is 1.11 bits per heavy atom. The quantitative estimate of drug-likeness (QED) is 0.902. The third kappa shape index (κ3) is 3.03. The summed E-state index contributed by atoms with van der Waals surface area (Å²) < 4.78 is 14.6. The van der Waals surface area contributed by atoms with Gasteiger partial charge in [-0.2, -0.15) is 4.98 Å². The summed E-state index contributed by atoms with van der Waals surface area (Å²) in [5.41, 5.74) is 0.676. The van der Waals surface area contributed by atoms with Gasteiger partial charge < -0.3 is 5.32 Å². The molecule has 0 aliphatic heterocycles. The summed E-state index contributed by atoms with van der Waals surface area (Å²) in [4.78, 5) is 4.38. The minimum Gasteiger partial charge on any atom is -0.350 e. The highest BCUT2D eigenvalue weighted by Gasteiger charge is 2.13. The van der Waals surface area contributed by atoms with Crippen LogP contribution in [0.1, 0.15) is 44.9 Å². The highest BCUT2D eigenvalue weighted by atomic mass is 19.1. The Kier molecular flexibility index (Phi) is 3.62. The predicted molar refractivity (Wildman–Crippen MR) is 72.7 cm³/mol. The third-order valence-corrected chi connectivity index (χ3v) is 3.73. The molecule has 0 unspecified atom stereocenters. The molecule has 2 heterocycles. The van der Waals surface area contributed by atoms with Crippen molar-refractivity contribution in [2.75, 3.05) is 5.32 Å². The molecular weight excluding hydrogens is 243 g/mol. The zero-order valence-corrected chi connectivity index (χ0v) is 11.0. The largest absolute Gasteiger partial charge is 0.350 e. The molecular formula is C14H19FN4. The Labute approximate surface area is 112 Å². The fraction of sp³-hybridized carbons (Fsp3) is 0.571. The molecule has 0 saturated heterocycles. The van der Waals surface area contributed by atoms with E-state index in [9.17, 15) is 4.39 Å². The molecule has 1 saturated carbocycles. The Balaban J connectivity index is 1.72. The van der Waals surface area contributed by atoms with Crippen LogP contribution in [0, 0.1) is 5.82 Å². The van der Waals surface area contributed by atoms with Crippen LogP contribution in [0.4, 0.5) is 10.3 Å². The second-order valence-corrected chi connectivity index (χ2v) is 5.27. The molecule has 1 aliphatic carbocycles. The van der Waals surface area contributed by atoms with Crippen LogP contribution in [-0.4, -0.2) is 20.6 Å². The van der Waals surface area contributed by atoms with E-state index in [2.05, 4.69) is 15.4 Å². The molecule has 3 rings (SSSR count). The van der Waals surface area contributed by atoms with Crippen LogP contribution < -0.4 is 5.32 Å². The van der Waals surface area contributed by atoms with E-state index in [1.807, 2.05) is 0 Å². The first kappa shape index (κ1) is 12.4. The molecule has 5 heteroatoms. The van der Waals surface area contributed by atoms with Crippen molar-refractivity contribution in [2.45, 2.75) is 51.0 Å². The van der Waals surface area contributed by atoms with Crippen LogP contribution in [0.5, 0.6) is 0 Å². The Bertz CT molecular complexity index is 543. The summed E-state index contributed by atoms with van der Waals surface area (Å²) in [6, 6.07) is 3.50. The van der Waals surface area contributed by atoms with Gasteiger partial charge in [0.25, 0.3) is 0 Å². The summed E-state index contributed by atoms with van der Waals surface area (Å²) in [5.74, 6) is 0.311. The monoisotopic (exact) mass is 262 g/mol. The van der Waals surface area contributed by atoms with Crippen LogP contribution >= 0.6 is 0 Å². The molecule has 0 amide bonds. The molecule has 0 radical (unpaired) electrons. The van der Waals surface area contributed by atoms with Gasteiger partial charge in [-0.05, 0) is 25.0 Å². The van der Waals surface area contributed by atoms with E-state index < -0.39 is 0 Å². The molecule has 2 aromatic heterocycles. The predicted octanol–water partition coefficient (Wildman–Crippen LogP) is 3.39. The number of hydrogen-bond donors (Lipinski definition) is 1. The number of rotatable bonds is 2. The minimum atomic E-state index is -0.296. The van der Waals surface area contributed by atoms with Gasteiger partial charge in [0.1, 0.15) is 5.82 Å². The molecule has 1 N–H and O–H groups in total. The highest BCUT2D eigenvalue weighted by Crippen LogP contribution is 2.19. The van der Waals surface area contributed by atoms with Gasteiger partial charge in [0.2, 0.25) is 5.95 Å². The minimum absolute atomic E-state index is 0.296. The average molecular weight is 262 g/mol. The van der Waals surface area contributed by atoms with Gasteiger partial charge in [-0.25, -0.2) is 8.91 Å². The first-order valence-electron chi connectivity index (χ1n) is 7.10. The van der Waals surface area contributed by atoms with Gasteiger partial charge >= 0.3 is 0 Å². The lowest BCUT2D eigenvalue weighted by atomic mass is 9.97. The number of hydrogen-bond acceptors (Lipinski definition) is 3. The third-order valence-electron chi connectivity index (χ3n) is 3.73. The van der Waals surface area contributed by atoms with E-state index in [1.165, 1.54) is 61.7 Å². The maximum absolute atomic E-state index is 13.1. The maximum Gasteiger partial charge on any atom is 0.243 e. The van der Waals surface area contributed by atoms with Crippen LogP contribution in [0.3, 0.4) is 0 Å². The Morgan fingerprint density at radius 2 is 1.84 bits per heavy atom. The standard InChI is InChI=1S/C14H19FN4/c15-11-8-9-13-17-14(18-19(13)10-11)16-12-6-4-2-1-3-5-7-12/h8-10,12H,1-7H2,(H,16,18). The van der Waals surface area contributed by atoms with E-state index >= 15 is 0 Å². The van der Waals surface area contributed by atoms with Crippen LogP contribution in [0.25, 0.3) is 5.65 Å². The van der Waals surface area contributed by atoms with Crippen LogP contribution in [0.15, 0.2) is 18.3 Å². The summed E-state index contributed by atoms with van der Waals surface area (Å²) >= 11 is 0. The van der Waals surface area contributed by atoms with E-state index in [4.69, 9.17) is 0 Å². The van der Waals surface area contributed by atoms with Gasteiger partial charge in [0.15, 0.2) is 5.65 Å². The molecule has 0 aromatic carbocycles. The summed E-state index contributed by atoms with van der Waals surface area (Å²) in [6.07, 6.45) is 10.2. The lowest BCUT2D eigenvalue weighted by Crippen LogP contribution is -2.21. The van der Waals surface area contributed by atoms with Crippen molar-refractivity contribution in [3.8, 4) is 0 Å². The fourth-order valence-electron chi connectivity index (χ4n) is 2.70. The number of nitrogens with one attached hydrogen (secondary N) is 1. The number of nitrogens with zero attached hydrogens (tertiary/aromatic N) is 3. The van der Waals surface area contributed by atoms with Crippen molar-refractivity contribution in [1.29, 1.82) is 0 Å². The summed E-state index contributed by atoms with van der Waals surface area (Å²) in [7, 11) is 0. The first-order chi connectivity index (χ1) is 9.31. The first-order valence-corrected chi connectivity index (χ1v) is 7.10. The van der Waals surface area contributed by atoms with Crippen molar-refractivity contribution in [1.82, 2.24) is 14.6 Å². The zero-order valence-electron chi connectivity index (χ0n) is 11.0. The number of halogens is 1. The van der Waals surface area contributed by atoms with E-state index in [0.717, 1.165) is 0 Å². The molecule has 0 atom stereocenters. The van der Waals surface area contributed by atoms with Crippen LogP contribution in [0.2, 0.25) is 0 Å². The summed E-state index contributed by atoms with van der Waals surface area (Å²) in [6.45, 7) is 0. The van der Waals surface area contributed by atoms with E-state index in [1.54, 1.807) is 6.07 Å². The van der Waals surface area contributed by atoms with Crippen molar-refractivity contribution in [2.24, 2.45) is 0 Å². The molecule has 1 fully saturated rings. The van der Waals surface area contributed by atoms with Gasteiger partial charge in [-0.3, -0.25) is 0 Å². The van der Waals surface area contributed by atoms with Crippen molar-refractivity contribution in [3.05, 3.63) is 24.1 Å². The van der Waals surface area contributed by atoms with E-state index in [-0.39, 0.29) is 5.82 Å². The number of aromatic nitrogens is 3. The Morgan fingerprint density at radius 3 is 2.63 bits per heavy atom. The van der Waals surface area contributed by atoms with Gasteiger partial charge in [-0.15, -0.1) is 5.10 Å². The Hall–Kier alpha value is -1.65. The molecule has 102 valence electrons. The molecule has 0 bridgehead atoms. The van der Waals surface area contributed by atoms with Crippen LogP contribution in [-0.2, 0) is 0 Å². The summed E-state index contributed by atoms with van der Waals surface area (Å²) in [5, 5.41) is 7.67. The maximum atomic E-state index is 13.1. The molecule has 19 heavy (non-hydrogen) atoms. The molecule has 4 nitrogen and oxygen atoms in total. The lowest BCUT2D eigenvalue weighted by Gasteiger charge is -2.19. The zero-order chi connectivity index (χ0) is 13.1. The normalized spacial score (nSPS) is 18.2. The van der Waals surface area contributed by atoms with E-state index in [0.29, 0.717) is 17.6 Å². The SMILES string of the molecule is Fc1ccc2nc(NC3CCCCCCC3)nn2c1. The second kappa shape index (κ2) is 5.55. The van der Waals surface area contributed by atoms with Gasteiger partial charge in [-0.1, -0.05) is 32.1 Å². The van der Waals surface area contributed by atoms with Crippen molar-refractivity contribution < 1.29 is 4.39 Å². The second-order valence-electron chi connectivity index (χ2n) is 5.27. The number of pyridine rings is 1. The van der Waals surface area contributed by atoms with Gasteiger partial charge in [0.05, 0.1) is 6.20 Å². The molecule has 2 aromatic rings. The van der Waals surface area contributed by atoms with Gasteiger partial charge in [0, 0.05) is 6.04 Å². The highest BCUT2D eigenvalue weighted by molar-refractivity contribution is 5.43. The lowest BCUT2D eigenvalue weighted by molar-refractivity contribution is 0.470. The van der Waals surface area contributed by atoms with Crippen molar-refractivity contribution >= 4 is 11.6 Å². The molecule has 1 aliphatic rings. The molecule has 0 spiro atoms. The average Bonchev–Trinajstić information content (AvgIpc) is 2.74. The van der Waals surface area contributed by atoms with Crippen molar-refractivity contribution in [3.63, 3.8) is 0 Å².